The van der Waals surface area contributed by atoms with E-state index in [1.54, 1.807) is 31.2 Å². The third-order valence-electron chi connectivity index (χ3n) is 7.21. The molecular weight excluding hydrogens is 436 g/mol. The van der Waals surface area contributed by atoms with Gasteiger partial charge in [0.2, 0.25) is 11.8 Å². The number of likely N-dealkylation sites (tertiary alicyclic amines) is 1. The predicted octanol–water partition coefficient (Wildman–Crippen LogP) is 2.38. The summed E-state index contributed by atoms with van der Waals surface area (Å²) in [6.45, 7) is 5.25. The molecular formula is C23H29ClN2O6. The smallest absolute Gasteiger partial charge is 0.312 e. The SMILES string of the molecule is CCOC(=O)[C@H]1[C@H]2C(=O)N([C@@H](CC)CO)C(C(=O)Nc3ccccc3Cl)C23CC[C@]1(C)O3. The zero-order valence-electron chi connectivity index (χ0n) is 18.5. The maximum atomic E-state index is 13.7. The maximum absolute atomic E-state index is 13.7. The summed E-state index contributed by atoms with van der Waals surface area (Å²) in [5, 5.41) is 13.2. The van der Waals surface area contributed by atoms with E-state index in [-0.39, 0.29) is 19.1 Å². The molecule has 32 heavy (non-hydrogen) atoms. The number of hydrogen-bond acceptors (Lipinski definition) is 6. The number of amides is 2. The van der Waals surface area contributed by atoms with Gasteiger partial charge in [-0.1, -0.05) is 30.7 Å². The van der Waals surface area contributed by atoms with Crippen molar-refractivity contribution in [3.63, 3.8) is 0 Å². The summed E-state index contributed by atoms with van der Waals surface area (Å²) in [6, 6.07) is 5.25. The average Bonchev–Trinajstić information content (AvgIpc) is 3.32. The number of fused-ring (bicyclic) bond motifs is 1. The van der Waals surface area contributed by atoms with E-state index in [0.717, 1.165) is 0 Å². The highest BCUT2D eigenvalue weighted by Gasteiger charge is 2.78. The third kappa shape index (κ3) is 3.23. The second kappa shape index (κ2) is 8.32. The Morgan fingerprint density at radius 2 is 2.06 bits per heavy atom. The fourth-order valence-electron chi connectivity index (χ4n) is 5.82. The maximum Gasteiger partial charge on any atom is 0.312 e. The van der Waals surface area contributed by atoms with Gasteiger partial charge >= 0.3 is 5.97 Å². The number of aliphatic hydroxyl groups excluding tert-OH is 1. The first-order valence-corrected chi connectivity index (χ1v) is 11.5. The van der Waals surface area contributed by atoms with Gasteiger partial charge < -0.3 is 24.8 Å². The highest BCUT2D eigenvalue weighted by atomic mass is 35.5. The van der Waals surface area contributed by atoms with Crippen LogP contribution in [0.5, 0.6) is 0 Å². The lowest BCUT2D eigenvalue weighted by Crippen LogP contribution is -2.56. The van der Waals surface area contributed by atoms with Crippen LogP contribution in [0.25, 0.3) is 0 Å². The fraction of sp³-hybridized carbons (Fsp3) is 0.609. The quantitative estimate of drug-likeness (QED) is 0.600. The summed E-state index contributed by atoms with van der Waals surface area (Å²) >= 11 is 6.24. The number of halogens is 1. The molecule has 3 aliphatic heterocycles. The van der Waals surface area contributed by atoms with Crippen molar-refractivity contribution >= 4 is 35.1 Å². The lowest BCUT2D eigenvalue weighted by molar-refractivity contribution is -0.160. The van der Waals surface area contributed by atoms with Crippen LogP contribution in [0.3, 0.4) is 0 Å². The van der Waals surface area contributed by atoms with Crippen molar-refractivity contribution in [1.29, 1.82) is 0 Å². The Hall–Kier alpha value is -2.16. The molecule has 3 saturated heterocycles. The number of hydrogen-bond donors (Lipinski definition) is 2. The Balaban J connectivity index is 1.78. The van der Waals surface area contributed by atoms with Crippen LogP contribution in [0, 0.1) is 11.8 Å². The predicted molar refractivity (Wildman–Crippen MR) is 117 cm³/mol. The van der Waals surface area contributed by atoms with Gasteiger partial charge in [-0.25, -0.2) is 0 Å². The molecule has 1 aromatic rings. The van der Waals surface area contributed by atoms with Crippen molar-refractivity contribution in [2.24, 2.45) is 11.8 Å². The van der Waals surface area contributed by atoms with Crippen molar-refractivity contribution < 1.29 is 29.0 Å². The van der Waals surface area contributed by atoms with Gasteiger partial charge in [0.05, 0.1) is 41.5 Å². The van der Waals surface area contributed by atoms with Gasteiger partial charge in [0.1, 0.15) is 17.6 Å². The highest BCUT2D eigenvalue weighted by Crippen LogP contribution is 2.63. The molecule has 2 N–H and O–H groups in total. The average molecular weight is 465 g/mol. The Kier molecular flexibility index (Phi) is 5.98. The number of anilines is 1. The number of benzene rings is 1. The van der Waals surface area contributed by atoms with Crippen LogP contribution in [0.2, 0.25) is 5.02 Å². The molecule has 2 unspecified atom stereocenters. The zero-order valence-corrected chi connectivity index (χ0v) is 19.2. The summed E-state index contributed by atoms with van der Waals surface area (Å²) in [5.41, 5.74) is -1.64. The minimum Gasteiger partial charge on any atom is -0.466 e. The topological polar surface area (TPSA) is 105 Å². The molecule has 2 amide bonds. The normalized spacial score (nSPS) is 33.8. The summed E-state index contributed by atoms with van der Waals surface area (Å²) < 4.78 is 11.7. The summed E-state index contributed by atoms with van der Waals surface area (Å²) in [5.74, 6) is -2.94. The minimum atomic E-state index is -1.17. The van der Waals surface area contributed by atoms with Gasteiger partial charge in [0.25, 0.3) is 0 Å². The number of esters is 1. The van der Waals surface area contributed by atoms with E-state index >= 15 is 0 Å². The molecule has 0 aliphatic carbocycles. The van der Waals surface area contributed by atoms with E-state index in [9.17, 15) is 19.5 Å². The standard InChI is InChI=1S/C23H29ClN2O6/c1-4-13(12-27)26-18(19(28)25-15-9-7-6-8-14(15)24)23-11-10-22(3,32-23)17(16(23)20(26)29)21(30)31-5-2/h6-9,13,16-18,27H,4-5,10-12H2,1-3H3,(H,25,28)/t13-,16-,17+,18?,22-,23?/m0/s1. The first kappa shape index (κ1) is 23.0. The molecule has 8 nitrogen and oxygen atoms in total. The molecule has 4 rings (SSSR count). The summed E-state index contributed by atoms with van der Waals surface area (Å²) in [4.78, 5) is 41.7. The Bertz CT molecular complexity index is 937. The van der Waals surface area contributed by atoms with Crippen LogP contribution >= 0.6 is 11.6 Å². The molecule has 9 heteroatoms. The number of para-hydroxylation sites is 1. The van der Waals surface area contributed by atoms with Gasteiger partial charge in [0.15, 0.2) is 0 Å². The van der Waals surface area contributed by atoms with Crippen LogP contribution < -0.4 is 5.32 Å². The Morgan fingerprint density at radius 1 is 1.34 bits per heavy atom. The van der Waals surface area contributed by atoms with Crippen molar-refractivity contribution in [3.05, 3.63) is 29.3 Å². The minimum absolute atomic E-state index is 0.188. The molecule has 3 fully saturated rings. The molecule has 3 aliphatic rings. The van der Waals surface area contributed by atoms with E-state index in [4.69, 9.17) is 21.1 Å². The van der Waals surface area contributed by atoms with Gasteiger partial charge in [-0.2, -0.15) is 0 Å². The van der Waals surface area contributed by atoms with Gasteiger partial charge in [-0.05, 0) is 45.2 Å². The lowest BCUT2D eigenvalue weighted by atomic mass is 9.66. The number of nitrogens with zero attached hydrogens (tertiary/aromatic N) is 1. The first-order valence-electron chi connectivity index (χ1n) is 11.1. The van der Waals surface area contributed by atoms with Crippen molar-refractivity contribution in [3.8, 4) is 0 Å². The first-order chi connectivity index (χ1) is 15.2. The van der Waals surface area contributed by atoms with Crippen LogP contribution in [0.4, 0.5) is 5.69 Å². The number of nitrogens with one attached hydrogen (secondary N) is 1. The number of carbonyl (C=O) groups excluding carboxylic acids is 3. The molecule has 1 aromatic carbocycles. The van der Waals surface area contributed by atoms with E-state index in [1.807, 2.05) is 13.8 Å². The fourth-order valence-corrected chi connectivity index (χ4v) is 6.01. The largest absolute Gasteiger partial charge is 0.466 e. The molecule has 2 bridgehead atoms. The molecule has 3 heterocycles. The molecule has 0 saturated carbocycles. The number of rotatable bonds is 7. The summed E-state index contributed by atoms with van der Waals surface area (Å²) in [6.07, 6.45) is 1.43. The Morgan fingerprint density at radius 3 is 2.69 bits per heavy atom. The summed E-state index contributed by atoms with van der Waals surface area (Å²) in [7, 11) is 0. The van der Waals surface area contributed by atoms with Gasteiger partial charge in [-0.3, -0.25) is 14.4 Å². The molecule has 0 radical (unpaired) electrons. The van der Waals surface area contributed by atoms with Crippen LogP contribution in [0.1, 0.15) is 40.0 Å². The second-order valence-corrected chi connectivity index (χ2v) is 9.35. The molecule has 0 aromatic heterocycles. The highest BCUT2D eigenvalue weighted by molar-refractivity contribution is 6.33. The van der Waals surface area contributed by atoms with Crippen LogP contribution in [-0.4, -0.2) is 64.3 Å². The number of ether oxygens (including phenoxy) is 2. The lowest BCUT2D eigenvalue weighted by Gasteiger charge is -2.36. The van der Waals surface area contributed by atoms with Crippen LogP contribution in [0.15, 0.2) is 24.3 Å². The van der Waals surface area contributed by atoms with Crippen LogP contribution in [-0.2, 0) is 23.9 Å². The van der Waals surface area contributed by atoms with E-state index < -0.39 is 47.0 Å². The van der Waals surface area contributed by atoms with E-state index in [2.05, 4.69) is 5.32 Å². The zero-order chi connectivity index (χ0) is 23.3. The second-order valence-electron chi connectivity index (χ2n) is 8.94. The van der Waals surface area contributed by atoms with E-state index in [0.29, 0.717) is 30.0 Å². The van der Waals surface area contributed by atoms with Gasteiger partial charge in [0, 0.05) is 0 Å². The van der Waals surface area contributed by atoms with Crippen molar-refractivity contribution in [1.82, 2.24) is 4.90 Å². The molecule has 174 valence electrons. The van der Waals surface area contributed by atoms with E-state index in [1.165, 1.54) is 4.90 Å². The number of carbonyl (C=O) groups is 3. The number of aliphatic hydroxyl groups is 1. The molecule has 6 atom stereocenters. The Labute approximate surface area is 192 Å². The van der Waals surface area contributed by atoms with Crippen molar-refractivity contribution in [2.45, 2.75) is 63.3 Å². The molecule has 1 spiro atoms. The third-order valence-corrected chi connectivity index (χ3v) is 7.54. The van der Waals surface area contributed by atoms with Crippen molar-refractivity contribution in [2.75, 3.05) is 18.5 Å². The van der Waals surface area contributed by atoms with Gasteiger partial charge in [-0.15, -0.1) is 0 Å². The monoisotopic (exact) mass is 464 g/mol.